The summed E-state index contributed by atoms with van der Waals surface area (Å²) < 4.78 is 2.23. The maximum atomic E-state index is 5.90. The van der Waals surface area contributed by atoms with E-state index in [4.69, 9.17) is 5.73 Å². The van der Waals surface area contributed by atoms with Gasteiger partial charge in [-0.05, 0) is 24.3 Å². The number of aryl methyl sites for hydroxylation is 2. The summed E-state index contributed by atoms with van der Waals surface area (Å²) in [5, 5.41) is 3.75. The van der Waals surface area contributed by atoms with E-state index in [1.165, 1.54) is 27.4 Å². The maximum absolute atomic E-state index is 5.90. The Hall–Kier alpha value is -1.61. The van der Waals surface area contributed by atoms with Crippen LogP contribution in [-0.2, 0) is 7.05 Å². The Balaban J connectivity index is 0.00000120. The van der Waals surface area contributed by atoms with Gasteiger partial charge in [-0.15, -0.1) is 0 Å². The lowest BCUT2D eigenvalue weighted by molar-refractivity contribution is -0.649. The lowest BCUT2D eigenvalue weighted by Crippen LogP contribution is -3.00. The number of anilines is 1. The van der Waals surface area contributed by atoms with Gasteiger partial charge in [-0.3, -0.25) is 0 Å². The average Bonchev–Trinajstić information content (AvgIpc) is 2.36. The van der Waals surface area contributed by atoms with E-state index in [1.807, 2.05) is 6.07 Å². The third-order valence-corrected chi connectivity index (χ3v) is 3.49. The summed E-state index contributed by atoms with van der Waals surface area (Å²) in [6, 6.07) is 14.6. The van der Waals surface area contributed by atoms with Crippen LogP contribution in [0.15, 0.2) is 42.5 Å². The van der Waals surface area contributed by atoms with Crippen LogP contribution in [0.2, 0.25) is 0 Å². The molecule has 0 aliphatic carbocycles. The standard InChI is InChI=1S/C15H14N2.BrH/c1-10-12-8-7-11(16)9-14(12)13-5-3-4-6-15(13)17(10)2;/h3-9,16H,1-2H3;1H. The van der Waals surface area contributed by atoms with Crippen LogP contribution in [0.3, 0.4) is 0 Å². The molecule has 0 unspecified atom stereocenters. The van der Waals surface area contributed by atoms with Gasteiger partial charge in [-0.2, -0.15) is 4.57 Å². The molecule has 2 nitrogen and oxygen atoms in total. The fourth-order valence-electron chi connectivity index (χ4n) is 2.46. The Morgan fingerprint density at radius 3 is 2.44 bits per heavy atom. The second kappa shape index (κ2) is 4.58. The SMILES string of the molecule is Cc1c2ccc(N)cc2c2ccccc2[n+]1C.[Br-]. The van der Waals surface area contributed by atoms with E-state index in [1.54, 1.807) is 0 Å². The second-order valence-electron chi connectivity index (χ2n) is 4.47. The fourth-order valence-corrected chi connectivity index (χ4v) is 2.46. The van der Waals surface area contributed by atoms with Gasteiger partial charge in [0.1, 0.15) is 7.05 Å². The fraction of sp³-hybridized carbons (Fsp3) is 0.133. The van der Waals surface area contributed by atoms with Crippen LogP contribution in [0.25, 0.3) is 21.7 Å². The van der Waals surface area contributed by atoms with Crippen LogP contribution < -0.4 is 27.3 Å². The predicted octanol–water partition coefficient (Wildman–Crippen LogP) is -0.288. The topological polar surface area (TPSA) is 29.9 Å². The minimum atomic E-state index is 0. The molecule has 0 radical (unpaired) electrons. The molecule has 0 aliphatic heterocycles. The molecule has 1 heterocycles. The van der Waals surface area contributed by atoms with Crippen molar-refractivity contribution in [3.63, 3.8) is 0 Å². The molecule has 3 rings (SSSR count). The number of aromatic nitrogens is 1. The zero-order valence-electron chi connectivity index (χ0n) is 10.4. The molecule has 92 valence electrons. The van der Waals surface area contributed by atoms with Crippen molar-refractivity contribution >= 4 is 27.4 Å². The van der Waals surface area contributed by atoms with Crippen LogP contribution in [0.1, 0.15) is 5.69 Å². The highest BCUT2D eigenvalue weighted by atomic mass is 79.9. The summed E-state index contributed by atoms with van der Waals surface area (Å²) in [6.45, 7) is 2.14. The van der Waals surface area contributed by atoms with Gasteiger partial charge in [-0.1, -0.05) is 12.1 Å². The number of nitrogen functional groups attached to an aromatic ring is 1. The van der Waals surface area contributed by atoms with Gasteiger partial charge in [0.2, 0.25) is 5.52 Å². The summed E-state index contributed by atoms with van der Waals surface area (Å²) >= 11 is 0. The zero-order valence-corrected chi connectivity index (χ0v) is 12.0. The largest absolute Gasteiger partial charge is 1.00 e. The number of pyridine rings is 1. The molecule has 0 fully saturated rings. The predicted molar refractivity (Wildman–Crippen MR) is 71.8 cm³/mol. The summed E-state index contributed by atoms with van der Waals surface area (Å²) in [6.07, 6.45) is 0. The summed E-state index contributed by atoms with van der Waals surface area (Å²) in [7, 11) is 2.10. The lowest BCUT2D eigenvalue weighted by atomic mass is 10.0. The zero-order chi connectivity index (χ0) is 12.0. The van der Waals surface area contributed by atoms with E-state index < -0.39 is 0 Å². The molecule has 2 aromatic carbocycles. The molecular formula is C15H15BrN2. The first kappa shape index (κ1) is 12.8. The van der Waals surface area contributed by atoms with Crippen molar-refractivity contribution in [3.8, 4) is 0 Å². The second-order valence-corrected chi connectivity index (χ2v) is 4.47. The number of para-hydroxylation sites is 1. The van der Waals surface area contributed by atoms with E-state index in [9.17, 15) is 0 Å². The van der Waals surface area contributed by atoms with Crippen molar-refractivity contribution < 1.29 is 21.5 Å². The van der Waals surface area contributed by atoms with E-state index in [0.717, 1.165) is 5.69 Å². The maximum Gasteiger partial charge on any atom is 0.213 e. The molecule has 1 aromatic heterocycles. The highest BCUT2D eigenvalue weighted by Gasteiger charge is 2.14. The third kappa shape index (κ3) is 1.75. The number of halogens is 1. The molecule has 18 heavy (non-hydrogen) atoms. The van der Waals surface area contributed by atoms with Crippen molar-refractivity contribution in [1.82, 2.24) is 0 Å². The molecule has 2 N–H and O–H groups in total. The molecule has 3 heteroatoms. The Morgan fingerprint density at radius 2 is 1.67 bits per heavy atom. The Kier molecular flexibility index (Phi) is 3.26. The van der Waals surface area contributed by atoms with E-state index in [-0.39, 0.29) is 17.0 Å². The van der Waals surface area contributed by atoms with Crippen molar-refractivity contribution in [1.29, 1.82) is 0 Å². The smallest absolute Gasteiger partial charge is 0.213 e. The minimum Gasteiger partial charge on any atom is -1.00 e. The van der Waals surface area contributed by atoms with Gasteiger partial charge >= 0.3 is 0 Å². The number of hydrogen-bond donors (Lipinski definition) is 1. The van der Waals surface area contributed by atoms with Gasteiger partial charge in [0.15, 0.2) is 5.69 Å². The Labute approximate surface area is 117 Å². The third-order valence-electron chi connectivity index (χ3n) is 3.49. The van der Waals surface area contributed by atoms with Crippen LogP contribution in [0.4, 0.5) is 5.69 Å². The van der Waals surface area contributed by atoms with Gasteiger partial charge < -0.3 is 22.7 Å². The first-order valence-electron chi connectivity index (χ1n) is 5.75. The first-order valence-corrected chi connectivity index (χ1v) is 5.75. The monoisotopic (exact) mass is 302 g/mol. The normalized spacial score (nSPS) is 10.6. The molecular weight excluding hydrogens is 288 g/mol. The van der Waals surface area contributed by atoms with E-state index in [2.05, 4.69) is 54.9 Å². The molecule has 3 aromatic rings. The van der Waals surface area contributed by atoms with E-state index >= 15 is 0 Å². The number of fused-ring (bicyclic) bond motifs is 3. The summed E-state index contributed by atoms with van der Waals surface area (Å²) in [4.78, 5) is 0. The summed E-state index contributed by atoms with van der Waals surface area (Å²) in [5.74, 6) is 0. The van der Waals surface area contributed by atoms with Crippen LogP contribution >= 0.6 is 0 Å². The number of rotatable bonds is 0. The van der Waals surface area contributed by atoms with Crippen LogP contribution in [0, 0.1) is 6.92 Å². The van der Waals surface area contributed by atoms with Gasteiger partial charge in [0.05, 0.1) is 5.39 Å². The number of nitrogens with zero attached hydrogens (tertiary/aromatic N) is 1. The Bertz CT molecular complexity index is 735. The van der Waals surface area contributed by atoms with Gasteiger partial charge in [0, 0.05) is 29.4 Å². The molecule has 0 saturated carbocycles. The van der Waals surface area contributed by atoms with Gasteiger partial charge in [-0.25, -0.2) is 0 Å². The molecule has 0 spiro atoms. The van der Waals surface area contributed by atoms with Crippen LogP contribution in [-0.4, -0.2) is 0 Å². The minimum absolute atomic E-state index is 0. The summed E-state index contributed by atoms with van der Waals surface area (Å²) in [5.41, 5.74) is 9.21. The van der Waals surface area contributed by atoms with Gasteiger partial charge in [0.25, 0.3) is 0 Å². The van der Waals surface area contributed by atoms with Crippen molar-refractivity contribution in [2.75, 3.05) is 5.73 Å². The average molecular weight is 303 g/mol. The Morgan fingerprint density at radius 1 is 0.944 bits per heavy atom. The van der Waals surface area contributed by atoms with Crippen molar-refractivity contribution in [2.45, 2.75) is 6.92 Å². The number of nitrogens with two attached hydrogens (primary N) is 1. The molecule has 0 amide bonds. The van der Waals surface area contributed by atoms with Crippen LogP contribution in [0.5, 0.6) is 0 Å². The highest BCUT2D eigenvalue weighted by Crippen LogP contribution is 2.26. The lowest BCUT2D eigenvalue weighted by Gasteiger charge is -2.06. The van der Waals surface area contributed by atoms with Crippen molar-refractivity contribution in [3.05, 3.63) is 48.2 Å². The molecule has 0 atom stereocenters. The highest BCUT2D eigenvalue weighted by molar-refractivity contribution is 6.05. The van der Waals surface area contributed by atoms with E-state index in [0.29, 0.717) is 0 Å². The number of benzene rings is 2. The first-order chi connectivity index (χ1) is 8.18. The molecule has 0 saturated heterocycles. The molecule has 0 bridgehead atoms. The molecule has 0 aliphatic rings. The quantitative estimate of drug-likeness (QED) is 0.345. The van der Waals surface area contributed by atoms with Crippen molar-refractivity contribution in [2.24, 2.45) is 7.05 Å². The number of hydrogen-bond acceptors (Lipinski definition) is 1.